The van der Waals surface area contributed by atoms with Crippen molar-refractivity contribution in [2.75, 3.05) is 0 Å². The van der Waals surface area contributed by atoms with Gasteiger partial charge in [-0.05, 0) is 60.8 Å². The number of halogens is 2. The Kier molecular flexibility index (Phi) is 8.72. The van der Waals surface area contributed by atoms with Gasteiger partial charge in [0.25, 0.3) is 12.5 Å². The van der Waals surface area contributed by atoms with Crippen LogP contribution in [0.4, 0.5) is 8.78 Å². The fraction of sp³-hybridized carbons (Fsp3) is 0.355. The van der Waals surface area contributed by atoms with Gasteiger partial charge in [0, 0.05) is 6.07 Å². The van der Waals surface area contributed by atoms with Gasteiger partial charge in [-0.3, -0.25) is 4.79 Å². The monoisotopic (exact) mass is 550 g/mol. The number of H-pyrrole nitrogens is 1. The molecule has 0 amide bonds. The predicted octanol–water partition coefficient (Wildman–Crippen LogP) is 6.63. The Hall–Kier alpha value is -3.82. The van der Waals surface area contributed by atoms with Crippen molar-refractivity contribution < 1.29 is 33.3 Å². The van der Waals surface area contributed by atoms with Crippen LogP contribution in [0.2, 0.25) is 0 Å². The van der Waals surface area contributed by atoms with Crippen LogP contribution in [0.1, 0.15) is 50.5 Å². The van der Waals surface area contributed by atoms with Gasteiger partial charge in [0.1, 0.15) is 17.4 Å². The number of nitrogens with one attached hydrogen (secondary N) is 1. The van der Waals surface area contributed by atoms with Crippen LogP contribution >= 0.6 is 0 Å². The quantitative estimate of drug-likeness (QED) is 0.223. The summed E-state index contributed by atoms with van der Waals surface area (Å²) in [7, 11) is 0. The van der Waals surface area contributed by atoms with Gasteiger partial charge >= 0.3 is 0 Å². The van der Waals surface area contributed by atoms with Crippen LogP contribution in [0.15, 0.2) is 54.6 Å². The van der Waals surface area contributed by atoms with Crippen molar-refractivity contribution in [2.45, 2.75) is 69.9 Å². The summed E-state index contributed by atoms with van der Waals surface area (Å²) in [5.41, 5.74) is 3.74. The predicted molar refractivity (Wildman–Crippen MR) is 147 cm³/mol. The third kappa shape index (κ3) is 6.32. The Balaban J connectivity index is 0.00000103. The number of nitrogens with zero attached hydrogens (tertiary/aromatic N) is 1. The van der Waals surface area contributed by atoms with Crippen molar-refractivity contribution in [1.29, 1.82) is 0 Å². The lowest BCUT2D eigenvalue weighted by atomic mass is 9.92. The van der Waals surface area contributed by atoms with Gasteiger partial charge in [0.15, 0.2) is 5.82 Å². The molecule has 2 aliphatic carbocycles. The molecule has 210 valence electrons. The topological polar surface area (TPSA) is 105 Å². The minimum Gasteiger partial charge on any atom is -0.483 e. The van der Waals surface area contributed by atoms with E-state index in [9.17, 15) is 5.11 Å². The third-order valence-corrected chi connectivity index (χ3v) is 7.49. The largest absolute Gasteiger partial charge is 0.483 e. The number of carboxylic acid groups (broad SMARTS) is 1. The molecule has 2 aliphatic rings. The van der Waals surface area contributed by atoms with Gasteiger partial charge in [-0.15, -0.1) is 0 Å². The maximum absolute atomic E-state index is 15.5. The molecule has 0 saturated heterocycles. The van der Waals surface area contributed by atoms with E-state index < -0.39 is 11.6 Å². The van der Waals surface area contributed by atoms with E-state index in [1.807, 2.05) is 36.4 Å². The average Bonchev–Trinajstić information content (AvgIpc) is 3.34. The first-order valence-electron chi connectivity index (χ1n) is 13.6. The van der Waals surface area contributed by atoms with Gasteiger partial charge in [-0.25, -0.2) is 8.78 Å². The molecule has 9 heteroatoms. The molecule has 4 aromatic rings. The highest BCUT2D eigenvalue weighted by atomic mass is 19.1. The SMILES string of the molecule is O=CO.OC1CC(OCc2ccc(-c3ccc(-c4c(F)cc5[nH]c(OC6CCCCC6)nc5c4F)cc3)cc2)C1. The standard InChI is InChI=1S/C30H30F2N2O3.CH2O2/c31-25-16-26-29(34-30(33-26)37-23-4-2-1-3-5-23)28(32)27(25)21-12-10-20(11-13-21)19-8-6-18(7-9-19)17-36-24-14-22(35)15-24;2-1-3/h6-13,16,22-24,35H,1-5,14-15,17H2,(H,33,34);1H,(H,2,3). The number of carbonyl (C=O) groups is 1. The highest BCUT2D eigenvalue weighted by Gasteiger charge is 2.27. The molecule has 1 aromatic heterocycles. The summed E-state index contributed by atoms with van der Waals surface area (Å²) in [4.78, 5) is 15.6. The summed E-state index contributed by atoms with van der Waals surface area (Å²) in [5.74, 6) is -1.34. The number of imidazole rings is 1. The normalized spacial score (nSPS) is 19.0. The zero-order chi connectivity index (χ0) is 28.1. The van der Waals surface area contributed by atoms with E-state index in [-0.39, 0.29) is 41.9 Å². The summed E-state index contributed by atoms with van der Waals surface area (Å²) < 4.78 is 42.2. The Labute approximate surface area is 230 Å². The molecule has 3 aromatic carbocycles. The molecular weight excluding hydrogens is 518 g/mol. The molecule has 0 aliphatic heterocycles. The summed E-state index contributed by atoms with van der Waals surface area (Å²) >= 11 is 0. The Morgan fingerprint density at radius 1 is 0.925 bits per heavy atom. The molecule has 0 spiro atoms. The molecule has 2 fully saturated rings. The number of ether oxygens (including phenoxy) is 2. The Morgan fingerprint density at radius 2 is 1.52 bits per heavy atom. The van der Waals surface area contributed by atoms with Gasteiger partial charge in [-0.1, -0.05) is 55.0 Å². The van der Waals surface area contributed by atoms with E-state index in [0.29, 0.717) is 30.5 Å². The minimum atomic E-state index is -0.694. The lowest BCUT2D eigenvalue weighted by molar-refractivity contribution is -0.122. The molecule has 1 heterocycles. The number of aliphatic hydroxyl groups excluding tert-OH is 1. The van der Waals surface area contributed by atoms with Crippen molar-refractivity contribution in [2.24, 2.45) is 0 Å². The van der Waals surface area contributed by atoms with E-state index in [4.69, 9.17) is 19.4 Å². The molecule has 0 atom stereocenters. The van der Waals surface area contributed by atoms with Gasteiger partial charge in [-0.2, -0.15) is 4.98 Å². The highest BCUT2D eigenvalue weighted by molar-refractivity contribution is 5.84. The van der Waals surface area contributed by atoms with Crippen molar-refractivity contribution in [3.05, 3.63) is 71.8 Å². The maximum atomic E-state index is 15.5. The van der Waals surface area contributed by atoms with Crippen LogP contribution in [-0.4, -0.2) is 45.0 Å². The fourth-order valence-corrected chi connectivity index (χ4v) is 5.23. The van der Waals surface area contributed by atoms with E-state index in [2.05, 4.69) is 9.97 Å². The number of aromatic amines is 1. The lowest BCUT2D eigenvalue weighted by Gasteiger charge is -2.31. The van der Waals surface area contributed by atoms with Crippen molar-refractivity contribution in [3.63, 3.8) is 0 Å². The molecule has 40 heavy (non-hydrogen) atoms. The van der Waals surface area contributed by atoms with Gasteiger partial charge in [0.05, 0.1) is 29.9 Å². The van der Waals surface area contributed by atoms with Gasteiger partial charge < -0.3 is 24.7 Å². The molecule has 0 radical (unpaired) electrons. The second-order valence-corrected chi connectivity index (χ2v) is 10.3. The first-order valence-corrected chi connectivity index (χ1v) is 13.6. The molecule has 2 saturated carbocycles. The molecule has 7 nitrogen and oxygen atoms in total. The van der Waals surface area contributed by atoms with Crippen LogP contribution in [0.3, 0.4) is 0 Å². The van der Waals surface area contributed by atoms with Crippen molar-refractivity contribution in [3.8, 4) is 28.3 Å². The van der Waals surface area contributed by atoms with Crippen LogP contribution in [0, 0.1) is 11.6 Å². The summed E-state index contributed by atoms with van der Waals surface area (Å²) in [6, 6.07) is 16.7. The van der Waals surface area contributed by atoms with E-state index in [1.165, 1.54) is 12.5 Å². The third-order valence-electron chi connectivity index (χ3n) is 7.49. The smallest absolute Gasteiger partial charge is 0.294 e. The van der Waals surface area contributed by atoms with E-state index in [1.54, 1.807) is 12.1 Å². The fourth-order valence-electron chi connectivity index (χ4n) is 5.23. The number of fused-ring (bicyclic) bond motifs is 1. The number of hydrogen-bond acceptors (Lipinski definition) is 5. The number of rotatable bonds is 7. The maximum Gasteiger partial charge on any atom is 0.294 e. The molecular formula is C31H32F2N2O5. The summed E-state index contributed by atoms with van der Waals surface area (Å²) in [6.45, 7) is 0.262. The molecule has 3 N–H and O–H groups in total. The van der Waals surface area contributed by atoms with Crippen molar-refractivity contribution >= 4 is 17.5 Å². The number of benzene rings is 3. The van der Waals surface area contributed by atoms with Crippen molar-refractivity contribution in [1.82, 2.24) is 9.97 Å². The van der Waals surface area contributed by atoms with Gasteiger partial charge in [0.2, 0.25) is 0 Å². The zero-order valence-electron chi connectivity index (χ0n) is 22.0. The minimum absolute atomic E-state index is 0.0626. The van der Waals surface area contributed by atoms with Crippen LogP contribution < -0.4 is 4.74 Å². The first-order chi connectivity index (χ1) is 19.4. The van der Waals surface area contributed by atoms with Crippen LogP contribution in [-0.2, 0) is 16.1 Å². The van der Waals surface area contributed by atoms with Crippen LogP contribution in [0.5, 0.6) is 6.01 Å². The first kappa shape index (κ1) is 27.7. The Bertz CT molecular complexity index is 1430. The molecule has 0 bridgehead atoms. The van der Waals surface area contributed by atoms with E-state index in [0.717, 1.165) is 42.4 Å². The second-order valence-electron chi connectivity index (χ2n) is 10.3. The van der Waals surface area contributed by atoms with Crippen LogP contribution in [0.25, 0.3) is 33.3 Å². The molecule has 6 rings (SSSR count). The number of aliphatic hydroxyl groups is 1. The highest BCUT2D eigenvalue weighted by Crippen LogP contribution is 2.34. The second kappa shape index (κ2) is 12.6. The summed E-state index contributed by atoms with van der Waals surface area (Å²) in [6.07, 6.45) is 6.71. The average molecular weight is 551 g/mol. The van der Waals surface area contributed by atoms with E-state index >= 15 is 8.78 Å². The molecule has 0 unspecified atom stereocenters. The number of aromatic nitrogens is 2. The Morgan fingerprint density at radius 3 is 2.15 bits per heavy atom. The zero-order valence-corrected chi connectivity index (χ0v) is 22.0. The lowest BCUT2D eigenvalue weighted by Crippen LogP contribution is -2.35. The summed E-state index contributed by atoms with van der Waals surface area (Å²) in [5, 5.41) is 16.3. The number of hydrogen-bond donors (Lipinski definition) is 3.